The average molecular weight is 280 g/mol. The van der Waals surface area contributed by atoms with Gasteiger partial charge in [0.05, 0.1) is 17.1 Å². The maximum Gasteiger partial charge on any atom is 0.274 e. The van der Waals surface area contributed by atoms with Crippen LogP contribution in [0.4, 0.5) is 20.2 Å². The van der Waals surface area contributed by atoms with Crippen molar-refractivity contribution >= 4 is 17.3 Å². The van der Waals surface area contributed by atoms with Gasteiger partial charge in [0.2, 0.25) is 0 Å². The van der Waals surface area contributed by atoms with E-state index in [0.717, 1.165) is 11.8 Å². The number of amides is 1. The van der Waals surface area contributed by atoms with Gasteiger partial charge in [-0.3, -0.25) is 9.48 Å². The third kappa shape index (κ3) is 2.61. The molecule has 0 atom stereocenters. The zero-order valence-electron chi connectivity index (χ0n) is 11.1. The third-order valence-corrected chi connectivity index (χ3v) is 2.86. The zero-order chi connectivity index (χ0) is 14.9. The van der Waals surface area contributed by atoms with Gasteiger partial charge in [0.15, 0.2) is 0 Å². The summed E-state index contributed by atoms with van der Waals surface area (Å²) in [5, 5.41) is 6.47. The van der Waals surface area contributed by atoms with E-state index in [9.17, 15) is 13.6 Å². The Hall–Kier alpha value is -2.44. The van der Waals surface area contributed by atoms with Crippen molar-refractivity contribution < 1.29 is 13.6 Å². The van der Waals surface area contributed by atoms with E-state index in [2.05, 4.69) is 10.4 Å². The lowest BCUT2D eigenvalue weighted by atomic mass is 10.2. The summed E-state index contributed by atoms with van der Waals surface area (Å²) in [4.78, 5) is 12.0. The van der Waals surface area contributed by atoms with Crippen molar-refractivity contribution in [3.63, 3.8) is 0 Å². The van der Waals surface area contributed by atoms with Crippen LogP contribution < -0.4 is 11.1 Å². The van der Waals surface area contributed by atoms with Crippen LogP contribution in [0.25, 0.3) is 0 Å². The molecule has 5 nitrogen and oxygen atoms in total. The summed E-state index contributed by atoms with van der Waals surface area (Å²) in [5.41, 5.74) is 5.97. The number of nitrogens with zero attached hydrogens (tertiary/aromatic N) is 2. The van der Waals surface area contributed by atoms with Crippen LogP contribution in [0.1, 0.15) is 23.1 Å². The van der Waals surface area contributed by atoms with Crippen LogP contribution in [0.3, 0.4) is 0 Å². The van der Waals surface area contributed by atoms with Gasteiger partial charge in [-0.2, -0.15) is 5.10 Å². The lowest BCUT2D eigenvalue weighted by molar-refractivity contribution is 0.101. The Morgan fingerprint density at radius 2 is 2.05 bits per heavy atom. The van der Waals surface area contributed by atoms with Crippen LogP contribution in [0.2, 0.25) is 0 Å². The second-order valence-electron chi connectivity index (χ2n) is 4.31. The first-order valence-electron chi connectivity index (χ1n) is 6.01. The van der Waals surface area contributed by atoms with Crippen LogP contribution in [0.15, 0.2) is 18.2 Å². The number of halogens is 2. The molecule has 3 N–H and O–H groups in total. The summed E-state index contributed by atoms with van der Waals surface area (Å²) in [6.45, 7) is 1.91. The summed E-state index contributed by atoms with van der Waals surface area (Å²) in [6.07, 6.45) is 0.680. The second kappa shape index (κ2) is 5.28. The van der Waals surface area contributed by atoms with Gasteiger partial charge in [-0.15, -0.1) is 0 Å². The molecule has 0 fully saturated rings. The molecule has 20 heavy (non-hydrogen) atoms. The minimum absolute atomic E-state index is 0.173. The number of nitrogen functional groups attached to an aromatic ring is 1. The van der Waals surface area contributed by atoms with E-state index in [1.165, 1.54) is 4.68 Å². The van der Waals surface area contributed by atoms with Gasteiger partial charge in [0.25, 0.3) is 5.91 Å². The maximum atomic E-state index is 13.5. The van der Waals surface area contributed by atoms with Crippen molar-refractivity contribution in [2.45, 2.75) is 13.3 Å². The Morgan fingerprint density at radius 1 is 1.35 bits per heavy atom. The Kier molecular flexibility index (Phi) is 3.69. The zero-order valence-corrected chi connectivity index (χ0v) is 11.1. The van der Waals surface area contributed by atoms with E-state index in [0.29, 0.717) is 12.5 Å². The van der Waals surface area contributed by atoms with Gasteiger partial charge in [0.1, 0.15) is 17.3 Å². The van der Waals surface area contributed by atoms with Gasteiger partial charge < -0.3 is 11.1 Å². The SMILES string of the molecule is CCc1cc(C(=O)Nc2cc(N)c(F)cc2F)n(C)n1. The number of benzene rings is 1. The molecule has 2 aromatic rings. The first-order chi connectivity index (χ1) is 9.42. The molecule has 0 unspecified atom stereocenters. The van der Waals surface area contributed by atoms with Crippen LogP contribution in [0.5, 0.6) is 0 Å². The highest BCUT2D eigenvalue weighted by Gasteiger charge is 2.16. The lowest BCUT2D eigenvalue weighted by Crippen LogP contribution is -2.17. The summed E-state index contributed by atoms with van der Waals surface area (Å²) >= 11 is 0. The Labute approximate surface area is 114 Å². The number of hydrogen-bond donors (Lipinski definition) is 2. The largest absolute Gasteiger partial charge is 0.396 e. The smallest absolute Gasteiger partial charge is 0.274 e. The Balaban J connectivity index is 2.27. The molecule has 1 heterocycles. The molecule has 0 aliphatic rings. The number of rotatable bonds is 3. The van der Waals surface area contributed by atoms with Crippen molar-refractivity contribution in [3.05, 3.63) is 41.2 Å². The molecule has 0 aliphatic heterocycles. The predicted octanol–water partition coefficient (Wildman–Crippen LogP) is 2.10. The molecule has 0 aliphatic carbocycles. The topological polar surface area (TPSA) is 72.9 Å². The number of hydrogen-bond acceptors (Lipinski definition) is 3. The third-order valence-electron chi connectivity index (χ3n) is 2.86. The van der Waals surface area contributed by atoms with E-state index in [-0.39, 0.29) is 17.1 Å². The monoisotopic (exact) mass is 280 g/mol. The molecular weight excluding hydrogens is 266 g/mol. The fraction of sp³-hybridized carbons (Fsp3) is 0.231. The quantitative estimate of drug-likeness (QED) is 0.846. The predicted molar refractivity (Wildman–Crippen MR) is 71.3 cm³/mol. The highest BCUT2D eigenvalue weighted by molar-refractivity contribution is 6.03. The van der Waals surface area contributed by atoms with Crippen molar-refractivity contribution in [3.8, 4) is 0 Å². The van der Waals surface area contributed by atoms with Gasteiger partial charge in [-0.1, -0.05) is 6.92 Å². The molecule has 0 saturated heterocycles. The molecule has 0 bridgehead atoms. The van der Waals surface area contributed by atoms with Crippen LogP contribution in [-0.2, 0) is 13.5 Å². The van der Waals surface area contributed by atoms with E-state index in [1.807, 2.05) is 6.92 Å². The Morgan fingerprint density at radius 3 is 2.65 bits per heavy atom. The number of carbonyl (C=O) groups is 1. The fourth-order valence-electron chi connectivity index (χ4n) is 1.76. The van der Waals surface area contributed by atoms with Crippen molar-refractivity contribution in [1.29, 1.82) is 0 Å². The number of anilines is 2. The number of aryl methyl sites for hydroxylation is 2. The molecule has 1 aromatic carbocycles. The molecule has 0 radical (unpaired) electrons. The van der Waals surface area contributed by atoms with E-state index in [1.54, 1.807) is 13.1 Å². The van der Waals surface area contributed by atoms with E-state index >= 15 is 0 Å². The fourth-order valence-corrected chi connectivity index (χ4v) is 1.76. The molecule has 0 saturated carbocycles. The summed E-state index contributed by atoms with van der Waals surface area (Å²) in [7, 11) is 1.61. The second-order valence-corrected chi connectivity index (χ2v) is 4.31. The molecule has 1 amide bonds. The summed E-state index contributed by atoms with van der Waals surface area (Å²) < 4.78 is 28.0. The summed E-state index contributed by atoms with van der Waals surface area (Å²) in [5.74, 6) is -2.29. The van der Waals surface area contributed by atoms with Crippen LogP contribution >= 0.6 is 0 Å². The molecule has 106 valence electrons. The van der Waals surface area contributed by atoms with Gasteiger partial charge in [0, 0.05) is 13.1 Å². The van der Waals surface area contributed by atoms with Crippen molar-refractivity contribution in [2.75, 3.05) is 11.1 Å². The standard InChI is InChI=1S/C13H14F2N4O/c1-3-7-4-12(19(2)18-7)13(20)17-11-6-10(16)8(14)5-9(11)15/h4-6H,3,16H2,1-2H3,(H,17,20). The first kappa shape index (κ1) is 14.0. The van der Waals surface area contributed by atoms with Gasteiger partial charge in [-0.05, 0) is 18.6 Å². The number of aromatic nitrogens is 2. The maximum absolute atomic E-state index is 13.5. The van der Waals surface area contributed by atoms with E-state index < -0.39 is 17.5 Å². The van der Waals surface area contributed by atoms with Gasteiger partial charge in [-0.25, -0.2) is 8.78 Å². The number of nitrogens with two attached hydrogens (primary N) is 1. The minimum Gasteiger partial charge on any atom is -0.396 e. The van der Waals surface area contributed by atoms with Gasteiger partial charge >= 0.3 is 0 Å². The average Bonchev–Trinajstić information content (AvgIpc) is 2.77. The number of carbonyl (C=O) groups excluding carboxylic acids is 1. The molecular formula is C13H14F2N4O. The van der Waals surface area contributed by atoms with E-state index in [4.69, 9.17) is 5.73 Å². The van der Waals surface area contributed by atoms with Crippen LogP contribution in [0, 0.1) is 11.6 Å². The minimum atomic E-state index is -0.886. The molecule has 7 heteroatoms. The normalized spacial score (nSPS) is 10.6. The van der Waals surface area contributed by atoms with Crippen LogP contribution in [-0.4, -0.2) is 15.7 Å². The molecule has 1 aromatic heterocycles. The first-order valence-corrected chi connectivity index (χ1v) is 6.01. The lowest BCUT2D eigenvalue weighted by Gasteiger charge is -2.08. The van der Waals surface area contributed by atoms with Crippen molar-refractivity contribution in [1.82, 2.24) is 9.78 Å². The molecule has 2 rings (SSSR count). The highest BCUT2D eigenvalue weighted by atomic mass is 19.1. The summed E-state index contributed by atoms with van der Waals surface area (Å²) in [6, 6.07) is 3.28. The van der Waals surface area contributed by atoms with Crippen molar-refractivity contribution in [2.24, 2.45) is 7.05 Å². The highest BCUT2D eigenvalue weighted by Crippen LogP contribution is 2.21. The Bertz CT molecular complexity index is 667. The number of nitrogens with one attached hydrogen (secondary N) is 1. The molecule has 0 spiro atoms.